The highest BCUT2D eigenvalue weighted by molar-refractivity contribution is 5.98. The van der Waals surface area contributed by atoms with E-state index in [2.05, 4.69) is 61.3 Å². The van der Waals surface area contributed by atoms with E-state index >= 15 is 0 Å². The summed E-state index contributed by atoms with van der Waals surface area (Å²) < 4.78 is 5.65. The molecule has 0 saturated heterocycles. The standard InChI is InChI=1S/C37H52N2O5/c1-4-5-11-24(2)33(40)17-16-28-27(34(41)20-35(28)42)12-8-6-7-9-15-36(43)44-23-25-18-30-29-13-10-14-31-37(29)26(21-38-31)19-32(30)39(3)22-25/h9-10,13-15,18,21,24-25,27-28,32-33,35,38,40,42H,4-8,11-12,16-17,19-20,22-23H2,1-3H3/t24-,25-,27-,28-,32-,33-,35-/m1/s1. The molecule has 5 rings (SSSR count). The first-order valence-electron chi connectivity index (χ1n) is 17.0. The van der Waals surface area contributed by atoms with Gasteiger partial charge in [0.25, 0.3) is 0 Å². The second-order valence-corrected chi connectivity index (χ2v) is 13.7. The van der Waals surface area contributed by atoms with Gasteiger partial charge in [-0.05, 0) is 86.6 Å². The molecule has 2 aromatic rings. The molecule has 0 radical (unpaired) electrons. The minimum Gasteiger partial charge on any atom is -0.462 e. The Morgan fingerprint density at radius 2 is 2.02 bits per heavy atom. The van der Waals surface area contributed by atoms with Crippen molar-refractivity contribution in [2.75, 3.05) is 20.2 Å². The molecule has 7 nitrogen and oxygen atoms in total. The van der Waals surface area contributed by atoms with E-state index in [1.165, 1.54) is 33.7 Å². The normalized spacial score (nSPS) is 26.6. The lowest BCUT2D eigenvalue weighted by atomic mass is 9.80. The number of nitrogens with one attached hydrogen (secondary N) is 1. The van der Waals surface area contributed by atoms with E-state index in [4.69, 9.17) is 4.74 Å². The van der Waals surface area contributed by atoms with Crippen LogP contribution in [0.25, 0.3) is 16.5 Å². The van der Waals surface area contributed by atoms with Gasteiger partial charge in [0.1, 0.15) is 5.78 Å². The monoisotopic (exact) mass is 604 g/mol. The number of nitrogens with zero attached hydrogens (tertiary/aromatic N) is 1. The minimum absolute atomic E-state index is 0.0586. The first kappa shape index (κ1) is 32.6. The van der Waals surface area contributed by atoms with E-state index in [1.807, 2.05) is 6.08 Å². The molecule has 0 unspecified atom stereocenters. The number of fused-ring (bicyclic) bond motifs is 2. The Hall–Kier alpha value is -2.74. The summed E-state index contributed by atoms with van der Waals surface area (Å²) in [6.45, 7) is 5.46. The number of hydrogen-bond donors (Lipinski definition) is 3. The maximum Gasteiger partial charge on any atom is 0.330 e. The summed E-state index contributed by atoms with van der Waals surface area (Å²) in [6.07, 6.45) is 15.9. The summed E-state index contributed by atoms with van der Waals surface area (Å²) in [6, 6.07) is 6.78. The van der Waals surface area contributed by atoms with Gasteiger partial charge in [-0.15, -0.1) is 0 Å². The topological polar surface area (TPSA) is 103 Å². The van der Waals surface area contributed by atoms with Crippen molar-refractivity contribution < 1.29 is 24.5 Å². The van der Waals surface area contributed by atoms with Crippen molar-refractivity contribution in [3.05, 3.63) is 53.8 Å². The summed E-state index contributed by atoms with van der Waals surface area (Å²) in [5, 5.41) is 22.4. The number of likely N-dealkylation sites (N-methyl/N-ethyl adjacent to an activating group) is 1. The van der Waals surface area contributed by atoms with Crippen molar-refractivity contribution in [1.29, 1.82) is 0 Å². The van der Waals surface area contributed by atoms with Gasteiger partial charge < -0.3 is 19.9 Å². The molecular weight excluding hydrogens is 552 g/mol. The van der Waals surface area contributed by atoms with Crippen LogP contribution in [0, 0.1) is 23.7 Å². The number of rotatable bonds is 15. The lowest BCUT2D eigenvalue weighted by Gasteiger charge is -2.39. The molecule has 3 aliphatic rings. The zero-order valence-corrected chi connectivity index (χ0v) is 26.8. The molecule has 240 valence electrons. The predicted octanol–water partition coefficient (Wildman–Crippen LogP) is 6.23. The third-order valence-electron chi connectivity index (χ3n) is 10.5. The SMILES string of the molecule is CCCC[C@@H](C)[C@H](O)CC[C@H]1[C@H](O)CC(=O)[C@@H]1CCCCC=CC(=O)OC[C@@H]1C=C2c3cccc4[nH]cc(c34)C[C@H]2N(C)C1. The van der Waals surface area contributed by atoms with E-state index in [-0.39, 0.29) is 47.9 Å². The van der Waals surface area contributed by atoms with Gasteiger partial charge >= 0.3 is 5.97 Å². The number of ketones is 1. The third kappa shape index (κ3) is 7.55. The van der Waals surface area contributed by atoms with Gasteiger partial charge in [-0.25, -0.2) is 4.79 Å². The Balaban J connectivity index is 1.03. The van der Waals surface area contributed by atoms with Gasteiger partial charge in [-0.1, -0.05) is 57.4 Å². The summed E-state index contributed by atoms with van der Waals surface area (Å²) in [4.78, 5) is 30.9. The quantitative estimate of drug-likeness (QED) is 0.127. The summed E-state index contributed by atoms with van der Waals surface area (Å²) >= 11 is 0. The van der Waals surface area contributed by atoms with Crippen molar-refractivity contribution in [3.63, 3.8) is 0 Å². The fourth-order valence-electron chi connectivity index (χ4n) is 7.85. The van der Waals surface area contributed by atoms with Crippen LogP contribution in [0.5, 0.6) is 0 Å². The van der Waals surface area contributed by atoms with E-state index < -0.39 is 6.10 Å². The number of allylic oxidation sites excluding steroid dienone is 1. The molecule has 2 heterocycles. The second-order valence-electron chi connectivity index (χ2n) is 13.7. The van der Waals surface area contributed by atoms with Crippen LogP contribution in [0.1, 0.15) is 89.2 Å². The Morgan fingerprint density at radius 1 is 1.18 bits per heavy atom. The molecule has 0 bridgehead atoms. The number of hydrogen-bond acceptors (Lipinski definition) is 6. The van der Waals surface area contributed by atoms with Crippen LogP contribution < -0.4 is 0 Å². The van der Waals surface area contributed by atoms with Gasteiger partial charge in [0.2, 0.25) is 0 Å². The van der Waals surface area contributed by atoms with Gasteiger partial charge in [0.05, 0.1) is 18.8 Å². The maximum absolute atomic E-state index is 12.6. The molecule has 1 saturated carbocycles. The number of aliphatic hydroxyl groups excluding tert-OH is 2. The maximum atomic E-state index is 12.6. The molecule has 1 aromatic heterocycles. The molecular formula is C37H52N2O5. The lowest BCUT2D eigenvalue weighted by molar-refractivity contribution is -0.138. The highest BCUT2D eigenvalue weighted by atomic mass is 16.5. The van der Waals surface area contributed by atoms with Gasteiger partial charge in [-0.2, -0.15) is 0 Å². The number of benzene rings is 1. The number of carbonyl (C=O) groups is 2. The van der Waals surface area contributed by atoms with Crippen molar-refractivity contribution in [1.82, 2.24) is 9.88 Å². The van der Waals surface area contributed by atoms with Crippen LogP contribution in [0.15, 0.2) is 42.6 Å². The lowest BCUT2D eigenvalue weighted by Crippen LogP contribution is -2.43. The van der Waals surface area contributed by atoms with Crippen molar-refractivity contribution in [2.45, 2.75) is 103 Å². The number of Topliss-reactive ketones (excluding diaryl/α,β-unsaturated/α-hetero) is 1. The number of ether oxygens (including phenoxy) is 1. The number of H-pyrrole nitrogens is 1. The number of unbranched alkanes of at least 4 members (excludes halogenated alkanes) is 3. The first-order chi connectivity index (χ1) is 21.3. The second kappa shape index (κ2) is 15.0. The molecule has 0 spiro atoms. The molecule has 1 aliphatic heterocycles. The number of aliphatic hydroxyl groups is 2. The fraction of sp³-hybridized carbons (Fsp3) is 0.622. The largest absolute Gasteiger partial charge is 0.462 e. The van der Waals surface area contributed by atoms with Gasteiger partial charge in [0, 0.05) is 54.0 Å². The number of aromatic nitrogens is 1. The van der Waals surface area contributed by atoms with E-state index in [9.17, 15) is 19.8 Å². The van der Waals surface area contributed by atoms with Crippen LogP contribution >= 0.6 is 0 Å². The number of aromatic amines is 1. The molecule has 7 atom stereocenters. The van der Waals surface area contributed by atoms with E-state index in [0.717, 1.165) is 57.9 Å². The van der Waals surface area contributed by atoms with Crippen molar-refractivity contribution in [3.8, 4) is 0 Å². The average Bonchev–Trinajstić information content (AvgIpc) is 3.55. The zero-order valence-electron chi connectivity index (χ0n) is 26.8. The Labute approximate surface area is 262 Å². The smallest absolute Gasteiger partial charge is 0.330 e. The van der Waals surface area contributed by atoms with Gasteiger partial charge in [-0.3, -0.25) is 9.69 Å². The van der Waals surface area contributed by atoms with Crippen molar-refractivity contribution in [2.24, 2.45) is 23.7 Å². The first-order valence-corrected chi connectivity index (χ1v) is 17.0. The third-order valence-corrected chi connectivity index (χ3v) is 10.5. The summed E-state index contributed by atoms with van der Waals surface area (Å²) in [7, 11) is 2.16. The number of esters is 1. The van der Waals surface area contributed by atoms with Crippen LogP contribution in [-0.2, 0) is 20.7 Å². The molecule has 3 N–H and O–H groups in total. The summed E-state index contributed by atoms with van der Waals surface area (Å²) in [5.74, 6) is 0.0505. The number of carbonyl (C=O) groups excluding carboxylic acids is 2. The summed E-state index contributed by atoms with van der Waals surface area (Å²) in [5.41, 5.74) is 5.16. The highest BCUT2D eigenvalue weighted by Crippen LogP contribution is 2.41. The predicted molar refractivity (Wildman–Crippen MR) is 175 cm³/mol. The zero-order chi connectivity index (χ0) is 31.2. The van der Waals surface area contributed by atoms with E-state index in [1.54, 1.807) is 0 Å². The molecule has 1 aromatic carbocycles. The molecule has 2 aliphatic carbocycles. The highest BCUT2D eigenvalue weighted by Gasteiger charge is 2.41. The van der Waals surface area contributed by atoms with Crippen LogP contribution in [0.4, 0.5) is 0 Å². The van der Waals surface area contributed by atoms with Crippen LogP contribution in [0.3, 0.4) is 0 Å². The minimum atomic E-state index is -0.594. The molecule has 0 amide bonds. The van der Waals surface area contributed by atoms with E-state index in [0.29, 0.717) is 25.5 Å². The van der Waals surface area contributed by atoms with Crippen molar-refractivity contribution >= 4 is 28.2 Å². The Morgan fingerprint density at radius 3 is 2.84 bits per heavy atom. The molecule has 1 fully saturated rings. The average molecular weight is 605 g/mol. The van der Waals surface area contributed by atoms with Gasteiger partial charge in [0.15, 0.2) is 0 Å². The fourth-order valence-corrected chi connectivity index (χ4v) is 7.85. The Bertz CT molecular complexity index is 1340. The molecule has 7 heteroatoms. The molecule has 44 heavy (non-hydrogen) atoms. The van der Waals surface area contributed by atoms with Crippen LogP contribution in [0.2, 0.25) is 0 Å². The Kier molecular flexibility index (Phi) is 11.2. The van der Waals surface area contributed by atoms with Crippen LogP contribution in [-0.4, -0.2) is 70.3 Å².